The highest BCUT2D eigenvalue weighted by atomic mass is 19.3. The second kappa shape index (κ2) is 6.81. The number of halogens is 4. The zero-order valence-electron chi connectivity index (χ0n) is 12.8. The minimum atomic E-state index is -3.87. The Labute approximate surface area is 134 Å². The van der Waals surface area contributed by atoms with E-state index < -0.39 is 59.9 Å². The van der Waals surface area contributed by atoms with Crippen LogP contribution in [0.15, 0.2) is 0 Å². The van der Waals surface area contributed by atoms with Crippen LogP contribution in [-0.4, -0.2) is 56.7 Å². The molecular formula is C13H19F4NO6. The first kappa shape index (κ1) is 20.6. The highest BCUT2D eigenvalue weighted by Crippen LogP contribution is 2.47. The lowest BCUT2D eigenvalue weighted by molar-refractivity contribution is -0.287. The van der Waals surface area contributed by atoms with Gasteiger partial charge in [0.05, 0.1) is 0 Å². The molecule has 7 nitrogen and oxygen atoms in total. The highest BCUT2D eigenvalue weighted by molar-refractivity contribution is 5.77. The molecule has 11 heteroatoms. The summed E-state index contributed by atoms with van der Waals surface area (Å²) in [6, 6.07) is 0. The number of piperidine rings is 1. The van der Waals surface area contributed by atoms with Gasteiger partial charge < -0.3 is 20.4 Å². The fourth-order valence-electron chi connectivity index (χ4n) is 3.26. The van der Waals surface area contributed by atoms with Crippen molar-refractivity contribution in [1.82, 2.24) is 5.32 Å². The summed E-state index contributed by atoms with van der Waals surface area (Å²) in [6.45, 7) is 2.98. The van der Waals surface area contributed by atoms with Gasteiger partial charge in [0, 0.05) is 0 Å². The fourth-order valence-corrected chi connectivity index (χ4v) is 3.26. The molecule has 1 aliphatic heterocycles. The van der Waals surface area contributed by atoms with Gasteiger partial charge in [0.15, 0.2) is 11.4 Å². The summed E-state index contributed by atoms with van der Waals surface area (Å²) in [5.41, 5.74) is -7.44. The molecule has 0 aromatic rings. The molecule has 1 heterocycles. The van der Waals surface area contributed by atoms with Crippen LogP contribution in [0.2, 0.25) is 0 Å². The van der Waals surface area contributed by atoms with Crippen LogP contribution in [0.25, 0.3) is 0 Å². The number of aliphatic carboxylic acids is 2. The topological polar surface area (TPSA) is 127 Å². The van der Waals surface area contributed by atoms with E-state index in [0.29, 0.717) is 0 Å². The first-order valence-electron chi connectivity index (χ1n) is 7.05. The summed E-state index contributed by atoms with van der Waals surface area (Å²) in [5.74, 6) is -11.1. The Morgan fingerprint density at radius 3 is 1.50 bits per heavy atom. The third kappa shape index (κ3) is 3.33. The SMILES string of the molecule is CC(C)CC1C(C(=O)O)C(O)(C(F)F)NC(O)(C(F)F)C1C(=O)O. The summed E-state index contributed by atoms with van der Waals surface area (Å²) >= 11 is 0. The van der Waals surface area contributed by atoms with E-state index in [1.165, 1.54) is 13.8 Å². The third-order valence-corrected chi connectivity index (χ3v) is 4.15. The van der Waals surface area contributed by atoms with Crippen LogP contribution in [0.3, 0.4) is 0 Å². The van der Waals surface area contributed by atoms with E-state index in [1.807, 2.05) is 0 Å². The third-order valence-electron chi connectivity index (χ3n) is 4.15. The van der Waals surface area contributed by atoms with Crippen molar-refractivity contribution >= 4 is 11.9 Å². The number of nitrogens with one attached hydrogen (secondary N) is 1. The monoisotopic (exact) mass is 361 g/mol. The standard InChI is InChI=1S/C13H19F4NO6/c1-4(2)3-5-6(8(19)20)12(23,10(14)15)18-13(24,11(16)17)7(5)9(21)22/h4-7,10-11,18,23-24H,3H2,1-2H3,(H,19,20)(H,21,22). The van der Waals surface area contributed by atoms with Gasteiger partial charge in [0.25, 0.3) is 12.9 Å². The molecule has 0 radical (unpaired) electrons. The van der Waals surface area contributed by atoms with Crippen LogP contribution in [0.4, 0.5) is 17.6 Å². The Bertz CT molecular complexity index is 467. The van der Waals surface area contributed by atoms with Gasteiger partial charge in [0.2, 0.25) is 0 Å². The molecule has 5 N–H and O–H groups in total. The van der Waals surface area contributed by atoms with Crippen LogP contribution in [0.5, 0.6) is 0 Å². The summed E-state index contributed by atoms with van der Waals surface area (Å²) in [6.07, 6.45) is -8.12. The molecule has 1 aliphatic rings. The molecule has 140 valence electrons. The smallest absolute Gasteiger partial charge is 0.311 e. The molecule has 1 rings (SSSR count). The summed E-state index contributed by atoms with van der Waals surface area (Å²) in [5, 5.41) is 39.6. The van der Waals surface area contributed by atoms with Gasteiger partial charge >= 0.3 is 11.9 Å². The maximum atomic E-state index is 13.3. The van der Waals surface area contributed by atoms with Gasteiger partial charge in [-0.05, 0) is 18.3 Å². The van der Waals surface area contributed by atoms with Gasteiger partial charge in [-0.1, -0.05) is 13.8 Å². The average Bonchev–Trinajstić information content (AvgIpc) is 2.35. The van der Waals surface area contributed by atoms with Crippen LogP contribution >= 0.6 is 0 Å². The van der Waals surface area contributed by atoms with Crippen molar-refractivity contribution in [2.45, 2.75) is 44.6 Å². The average molecular weight is 361 g/mol. The van der Waals surface area contributed by atoms with E-state index in [4.69, 9.17) is 0 Å². The molecule has 0 saturated carbocycles. The van der Waals surface area contributed by atoms with Crippen LogP contribution < -0.4 is 5.32 Å². The molecule has 24 heavy (non-hydrogen) atoms. The molecule has 4 atom stereocenters. The normalized spacial score (nSPS) is 37.2. The van der Waals surface area contributed by atoms with Gasteiger partial charge in [-0.2, -0.15) is 0 Å². The predicted octanol–water partition coefficient (Wildman–Crippen LogP) is 0.561. The summed E-state index contributed by atoms with van der Waals surface area (Å²) in [7, 11) is 0. The summed E-state index contributed by atoms with van der Waals surface area (Å²) < 4.78 is 53.1. The lowest BCUT2D eigenvalue weighted by Gasteiger charge is -2.52. The minimum absolute atomic E-state index is 0.389. The Morgan fingerprint density at radius 1 is 0.958 bits per heavy atom. The first-order chi connectivity index (χ1) is 10.8. The highest BCUT2D eigenvalue weighted by Gasteiger charge is 2.69. The second-order valence-electron chi connectivity index (χ2n) is 6.30. The van der Waals surface area contributed by atoms with Gasteiger partial charge in [-0.25, -0.2) is 17.6 Å². The Morgan fingerprint density at radius 2 is 1.29 bits per heavy atom. The van der Waals surface area contributed by atoms with E-state index in [-0.39, 0.29) is 6.42 Å². The molecule has 0 aromatic heterocycles. The van der Waals surface area contributed by atoms with Crippen LogP contribution in [-0.2, 0) is 9.59 Å². The predicted molar refractivity (Wildman–Crippen MR) is 70.2 cm³/mol. The molecule has 0 amide bonds. The minimum Gasteiger partial charge on any atom is -0.481 e. The maximum Gasteiger partial charge on any atom is 0.311 e. The van der Waals surface area contributed by atoms with Crippen molar-refractivity contribution < 1.29 is 47.6 Å². The summed E-state index contributed by atoms with van der Waals surface area (Å²) in [4.78, 5) is 22.8. The van der Waals surface area contributed by atoms with Crippen molar-refractivity contribution in [3.63, 3.8) is 0 Å². The molecule has 0 aliphatic carbocycles. The van der Waals surface area contributed by atoms with Gasteiger partial charge in [-0.15, -0.1) is 0 Å². The molecule has 0 bridgehead atoms. The zero-order chi connectivity index (χ0) is 19.0. The molecular weight excluding hydrogens is 342 g/mol. The number of hydrogen-bond donors (Lipinski definition) is 5. The molecule has 4 unspecified atom stereocenters. The van der Waals surface area contributed by atoms with Crippen molar-refractivity contribution in [3.05, 3.63) is 0 Å². The number of carbonyl (C=O) groups is 2. The van der Waals surface area contributed by atoms with E-state index >= 15 is 0 Å². The quantitative estimate of drug-likeness (QED) is 0.438. The molecule has 0 aromatic carbocycles. The van der Waals surface area contributed by atoms with Crippen LogP contribution in [0.1, 0.15) is 20.3 Å². The van der Waals surface area contributed by atoms with E-state index in [0.717, 1.165) is 5.32 Å². The molecule has 1 fully saturated rings. The number of carboxylic acid groups (broad SMARTS) is 2. The van der Waals surface area contributed by atoms with Crippen molar-refractivity contribution in [2.75, 3.05) is 0 Å². The number of alkyl halides is 4. The lowest BCUT2D eigenvalue weighted by Crippen LogP contribution is -2.78. The largest absolute Gasteiger partial charge is 0.481 e. The zero-order valence-corrected chi connectivity index (χ0v) is 12.8. The fraction of sp³-hybridized carbons (Fsp3) is 0.846. The molecule has 0 spiro atoms. The van der Waals surface area contributed by atoms with Crippen molar-refractivity contribution in [1.29, 1.82) is 0 Å². The number of aliphatic hydroxyl groups is 2. The lowest BCUT2D eigenvalue weighted by atomic mass is 9.64. The Hall–Kier alpha value is -1.46. The molecule has 1 saturated heterocycles. The second-order valence-corrected chi connectivity index (χ2v) is 6.30. The van der Waals surface area contributed by atoms with Crippen LogP contribution in [0, 0.1) is 23.7 Å². The van der Waals surface area contributed by atoms with E-state index in [1.54, 1.807) is 0 Å². The van der Waals surface area contributed by atoms with E-state index in [9.17, 15) is 47.6 Å². The number of hydrogen-bond acceptors (Lipinski definition) is 5. The first-order valence-corrected chi connectivity index (χ1v) is 7.05. The van der Waals surface area contributed by atoms with Crippen molar-refractivity contribution in [3.8, 4) is 0 Å². The number of carboxylic acids is 2. The van der Waals surface area contributed by atoms with Gasteiger partial charge in [-0.3, -0.25) is 14.9 Å². The Balaban J connectivity index is 3.62. The number of rotatable bonds is 6. The Kier molecular flexibility index (Phi) is 5.84. The maximum absolute atomic E-state index is 13.3. The van der Waals surface area contributed by atoms with Crippen molar-refractivity contribution in [2.24, 2.45) is 23.7 Å². The van der Waals surface area contributed by atoms with Gasteiger partial charge in [0.1, 0.15) is 11.8 Å². The van der Waals surface area contributed by atoms with E-state index in [2.05, 4.69) is 0 Å².